The molecule has 0 aromatic carbocycles. The number of carbonyl (C=O) groups is 2. The maximum absolute atomic E-state index is 12.6. The Morgan fingerprint density at radius 1 is 0.655 bits per heavy atom. The standard InChI is InChI=1S/C44H78NO9P/c1-6-8-10-12-14-16-17-18-19-21-23-25-31-35-44(47)53-40(39-52-55(48,49)51-37-36-45(3,4)5)38-50-43(46)34-30-27-26-29-33-42-41(54-42)32-28-24-22-20-15-13-11-9-7-2/h15-17,20,24,26,28-29,40-42H,6-14,18-19,21-23,25,27,30-39H2,1-5H3/b17-16-,20-15-,28-24-,29-26-/t40-,41?,42?/m1/s1. The number of nitrogens with zero attached hydrogens (tertiary/aromatic N) is 1. The Kier molecular flexibility index (Phi) is 30.5. The zero-order valence-corrected chi connectivity index (χ0v) is 36.2. The van der Waals surface area contributed by atoms with Crippen molar-refractivity contribution in [3.05, 3.63) is 48.6 Å². The fourth-order valence-electron chi connectivity index (χ4n) is 5.68. The molecule has 0 saturated carbocycles. The van der Waals surface area contributed by atoms with E-state index in [4.69, 9.17) is 23.3 Å². The lowest BCUT2D eigenvalue weighted by molar-refractivity contribution is -0.870. The molecule has 11 heteroatoms. The number of carbonyl (C=O) groups excluding carboxylic acids is 2. The molecular weight excluding hydrogens is 717 g/mol. The first-order valence-electron chi connectivity index (χ1n) is 21.5. The molecule has 1 aliphatic rings. The molecule has 0 aromatic rings. The number of unbranched alkanes of at least 4 members (excludes halogenated alkanes) is 13. The first-order chi connectivity index (χ1) is 26.5. The van der Waals surface area contributed by atoms with Crippen LogP contribution in [0.4, 0.5) is 0 Å². The molecule has 0 aliphatic carbocycles. The molecule has 0 amide bonds. The van der Waals surface area contributed by atoms with E-state index in [0.29, 0.717) is 23.9 Å². The SMILES string of the molecule is CCCCC/C=C\C/C=C\CC1OC1C/C=C\CCCC(=O)OC[C@H](COP(=O)([O-])OCC[N+](C)(C)C)OC(=O)CCCCCCC/C=C\CCCCCC. The van der Waals surface area contributed by atoms with Gasteiger partial charge < -0.3 is 32.6 Å². The Labute approximate surface area is 335 Å². The van der Waals surface area contributed by atoms with Gasteiger partial charge in [0.25, 0.3) is 7.82 Å². The number of hydrogen-bond donors (Lipinski definition) is 0. The van der Waals surface area contributed by atoms with Crippen LogP contribution < -0.4 is 4.89 Å². The van der Waals surface area contributed by atoms with Crippen LogP contribution in [-0.4, -0.2) is 82.2 Å². The van der Waals surface area contributed by atoms with Crippen molar-refractivity contribution >= 4 is 19.8 Å². The summed E-state index contributed by atoms with van der Waals surface area (Å²) in [4.78, 5) is 37.5. The summed E-state index contributed by atoms with van der Waals surface area (Å²) in [5.41, 5.74) is 0. The topological polar surface area (TPSA) is 124 Å². The smallest absolute Gasteiger partial charge is 0.306 e. The first kappa shape index (κ1) is 50.9. The Hall–Kier alpha value is -2.07. The van der Waals surface area contributed by atoms with Gasteiger partial charge in [-0.1, -0.05) is 114 Å². The molecule has 1 aliphatic heterocycles. The van der Waals surface area contributed by atoms with Crippen LogP contribution in [0.5, 0.6) is 0 Å². The summed E-state index contributed by atoms with van der Waals surface area (Å²) in [6.07, 6.45) is 38.8. The van der Waals surface area contributed by atoms with E-state index in [0.717, 1.165) is 70.6 Å². The van der Waals surface area contributed by atoms with Gasteiger partial charge in [0, 0.05) is 12.8 Å². The third kappa shape index (κ3) is 33.8. The van der Waals surface area contributed by atoms with Crippen molar-refractivity contribution in [1.29, 1.82) is 0 Å². The highest BCUT2D eigenvalue weighted by Gasteiger charge is 2.36. The lowest BCUT2D eigenvalue weighted by Crippen LogP contribution is -2.37. The number of allylic oxidation sites excluding steroid dienone is 6. The number of esters is 2. The molecule has 318 valence electrons. The molecule has 0 spiro atoms. The number of phosphoric ester groups is 1. The van der Waals surface area contributed by atoms with Gasteiger partial charge in [-0.2, -0.15) is 0 Å². The molecule has 0 aromatic heterocycles. The minimum atomic E-state index is -4.64. The molecule has 1 rings (SSSR count). The monoisotopic (exact) mass is 796 g/mol. The molecule has 1 fully saturated rings. The second-order valence-corrected chi connectivity index (χ2v) is 17.1. The molecule has 1 heterocycles. The van der Waals surface area contributed by atoms with E-state index in [2.05, 4.69) is 62.5 Å². The predicted octanol–water partition coefficient (Wildman–Crippen LogP) is 10.3. The van der Waals surface area contributed by atoms with E-state index in [1.54, 1.807) is 0 Å². The van der Waals surface area contributed by atoms with Gasteiger partial charge in [0.2, 0.25) is 0 Å². The third-order valence-electron chi connectivity index (χ3n) is 9.22. The number of epoxide rings is 1. The van der Waals surface area contributed by atoms with E-state index >= 15 is 0 Å². The normalized spacial score (nSPS) is 17.8. The Balaban J connectivity index is 2.35. The summed E-state index contributed by atoms with van der Waals surface area (Å²) in [5.74, 6) is -0.922. The van der Waals surface area contributed by atoms with Gasteiger partial charge in [-0.25, -0.2) is 0 Å². The second-order valence-electron chi connectivity index (χ2n) is 15.7. The van der Waals surface area contributed by atoms with E-state index < -0.39 is 32.5 Å². The highest BCUT2D eigenvalue weighted by atomic mass is 31.2. The van der Waals surface area contributed by atoms with Crippen molar-refractivity contribution in [3.8, 4) is 0 Å². The van der Waals surface area contributed by atoms with Crippen molar-refractivity contribution in [2.45, 2.75) is 173 Å². The van der Waals surface area contributed by atoms with Gasteiger partial charge in [-0.3, -0.25) is 14.2 Å². The molecule has 4 atom stereocenters. The first-order valence-corrected chi connectivity index (χ1v) is 22.9. The van der Waals surface area contributed by atoms with Crippen LogP contribution in [-0.2, 0) is 37.4 Å². The summed E-state index contributed by atoms with van der Waals surface area (Å²) >= 11 is 0. The number of hydrogen-bond acceptors (Lipinski definition) is 9. The van der Waals surface area contributed by atoms with Gasteiger partial charge >= 0.3 is 11.9 Å². The van der Waals surface area contributed by atoms with Crippen molar-refractivity contribution in [2.75, 3.05) is 47.5 Å². The second kappa shape index (κ2) is 33.0. The average Bonchev–Trinajstić information content (AvgIpc) is 3.89. The fourth-order valence-corrected chi connectivity index (χ4v) is 6.41. The summed E-state index contributed by atoms with van der Waals surface area (Å²) in [6.45, 7) is 4.07. The zero-order valence-electron chi connectivity index (χ0n) is 35.3. The number of quaternary nitrogens is 1. The highest BCUT2D eigenvalue weighted by Crippen LogP contribution is 2.38. The Bertz CT molecular complexity index is 1150. The molecule has 0 N–H and O–H groups in total. The van der Waals surface area contributed by atoms with Gasteiger partial charge in [0.1, 0.15) is 19.8 Å². The Morgan fingerprint density at radius 3 is 1.84 bits per heavy atom. The van der Waals surface area contributed by atoms with Crippen LogP contribution >= 0.6 is 7.82 Å². The molecule has 1 saturated heterocycles. The van der Waals surface area contributed by atoms with Crippen molar-refractivity contribution in [1.82, 2.24) is 0 Å². The number of rotatable bonds is 37. The lowest BCUT2D eigenvalue weighted by Gasteiger charge is -2.28. The van der Waals surface area contributed by atoms with Crippen LogP contribution in [0.25, 0.3) is 0 Å². The highest BCUT2D eigenvalue weighted by molar-refractivity contribution is 7.45. The lowest BCUT2D eigenvalue weighted by atomic mass is 10.1. The molecule has 0 bridgehead atoms. The van der Waals surface area contributed by atoms with E-state index in [1.807, 2.05) is 21.1 Å². The van der Waals surface area contributed by atoms with Crippen LogP contribution in [0.2, 0.25) is 0 Å². The molecular formula is C44H78NO9P. The summed E-state index contributed by atoms with van der Waals surface area (Å²) in [7, 11) is 1.12. The van der Waals surface area contributed by atoms with Crippen molar-refractivity contribution in [3.63, 3.8) is 0 Å². The Morgan fingerprint density at radius 2 is 1.16 bits per heavy atom. The zero-order chi connectivity index (χ0) is 40.5. The van der Waals surface area contributed by atoms with E-state index in [1.165, 1.54) is 44.9 Å². The minimum Gasteiger partial charge on any atom is -0.756 e. The molecule has 3 unspecified atom stereocenters. The number of ether oxygens (including phenoxy) is 3. The third-order valence-corrected chi connectivity index (χ3v) is 10.2. The summed E-state index contributed by atoms with van der Waals surface area (Å²) < 4.78 is 39.6. The van der Waals surface area contributed by atoms with Gasteiger partial charge in [-0.15, -0.1) is 0 Å². The largest absolute Gasteiger partial charge is 0.756 e. The predicted molar refractivity (Wildman–Crippen MR) is 221 cm³/mol. The fraction of sp³-hybridized carbons (Fsp3) is 0.773. The number of phosphoric acid groups is 1. The quantitative estimate of drug-likeness (QED) is 0.0151. The summed E-state index contributed by atoms with van der Waals surface area (Å²) in [6, 6.07) is 0. The minimum absolute atomic E-state index is 0.0452. The molecule has 10 nitrogen and oxygen atoms in total. The molecule has 55 heavy (non-hydrogen) atoms. The van der Waals surface area contributed by atoms with Crippen LogP contribution in [0, 0.1) is 0 Å². The van der Waals surface area contributed by atoms with E-state index in [9.17, 15) is 19.0 Å². The maximum Gasteiger partial charge on any atom is 0.306 e. The van der Waals surface area contributed by atoms with Crippen molar-refractivity contribution in [2.24, 2.45) is 0 Å². The maximum atomic E-state index is 12.6. The van der Waals surface area contributed by atoms with Gasteiger partial charge in [0.05, 0.1) is 40.0 Å². The van der Waals surface area contributed by atoms with Crippen LogP contribution in [0.3, 0.4) is 0 Å². The van der Waals surface area contributed by atoms with Gasteiger partial charge in [0.15, 0.2) is 6.10 Å². The van der Waals surface area contributed by atoms with Crippen molar-refractivity contribution < 1.29 is 46.8 Å². The average molecular weight is 796 g/mol. The molecule has 0 radical (unpaired) electrons. The van der Waals surface area contributed by atoms with Gasteiger partial charge in [-0.05, 0) is 77.0 Å². The summed E-state index contributed by atoms with van der Waals surface area (Å²) in [5, 5.41) is 0. The number of likely N-dealkylation sites (N-methyl/N-ethyl adjacent to an activating group) is 1. The van der Waals surface area contributed by atoms with Crippen LogP contribution in [0.1, 0.15) is 155 Å². The van der Waals surface area contributed by atoms with Crippen LogP contribution in [0.15, 0.2) is 48.6 Å². The van der Waals surface area contributed by atoms with E-state index in [-0.39, 0.29) is 38.3 Å².